The first kappa shape index (κ1) is 16.6. The minimum atomic E-state index is 0.118. The fourth-order valence-electron chi connectivity index (χ4n) is 3.02. The van der Waals surface area contributed by atoms with Crippen LogP contribution in [0, 0.1) is 19.8 Å². The summed E-state index contributed by atoms with van der Waals surface area (Å²) in [6.07, 6.45) is 6.96. The fourth-order valence-corrected chi connectivity index (χ4v) is 3.02. The maximum Gasteiger partial charge on any atom is 0.227 e. The Kier molecular flexibility index (Phi) is 4.32. The second kappa shape index (κ2) is 6.78. The molecule has 1 N–H and O–H groups in total. The van der Waals surface area contributed by atoms with Gasteiger partial charge in [0.25, 0.3) is 0 Å². The van der Waals surface area contributed by atoms with Crippen molar-refractivity contribution in [2.45, 2.75) is 39.7 Å². The van der Waals surface area contributed by atoms with E-state index < -0.39 is 0 Å². The molecule has 6 nitrogen and oxygen atoms in total. The number of amides is 1. The lowest BCUT2D eigenvalue weighted by atomic mass is 9.85. The standard InChI is InChI=1S/C20H22N4O2/c1-13-10-21-24(11-13)12-18-14(2)26-20(23-18)16-6-8-17(9-7-16)22-19(25)15-4-3-5-15/h6-11,15H,3-5,12H2,1-2H3,(H,22,25). The van der Waals surface area contributed by atoms with Gasteiger partial charge in [0, 0.05) is 23.4 Å². The molecule has 3 aromatic rings. The van der Waals surface area contributed by atoms with Gasteiger partial charge in [-0.15, -0.1) is 0 Å². The third kappa shape index (κ3) is 3.40. The van der Waals surface area contributed by atoms with Crippen LogP contribution in [0.25, 0.3) is 11.5 Å². The molecule has 1 aliphatic carbocycles. The molecular formula is C20H22N4O2. The number of hydrogen-bond donors (Lipinski definition) is 1. The Morgan fingerprint density at radius 1 is 1.27 bits per heavy atom. The highest BCUT2D eigenvalue weighted by Gasteiger charge is 2.25. The number of aromatic nitrogens is 3. The smallest absolute Gasteiger partial charge is 0.227 e. The minimum absolute atomic E-state index is 0.118. The van der Waals surface area contributed by atoms with Crippen molar-refractivity contribution in [1.82, 2.24) is 14.8 Å². The maximum atomic E-state index is 12.0. The second-order valence-electron chi connectivity index (χ2n) is 6.93. The largest absolute Gasteiger partial charge is 0.441 e. The lowest BCUT2D eigenvalue weighted by Crippen LogP contribution is -2.27. The van der Waals surface area contributed by atoms with Gasteiger partial charge in [0.1, 0.15) is 11.5 Å². The summed E-state index contributed by atoms with van der Waals surface area (Å²) in [6.45, 7) is 4.50. The van der Waals surface area contributed by atoms with Gasteiger partial charge in [-0.05, 0) is 56.5 Å². The van der Waals surface area contributed by atoms with Crippen molar-refractivity contribution in [3.05, 3.63) is 53.7 Å². The predicted octanol–water partition coefficient (Wildman–Crippen LogP) is 3.94. The summed E-state index contributed by atoms with van der Waals surface area (Å²) in [5.41, 5.74) is 3.68. The van der Waals surface area contributed by atoms with Crippen LogP contribution in [0.2, 0.25) is 0 Å². The molecule has 1 amide bonds. The normalized spacial score (nSPS) is 14.2. The van der Waals surface area contributed by atoms with Crippen molar-refractivity contribution in [2.75, 3.05) is 5.32 Å². The van der Waals surface area contributed by atoms with Crippen LogP contribution in [0.15, 0.2) is 41.1 Å². The van der Waals surface area contributed by atoms with Crippen LogP contribution >= 0.6 is 0 Å². The molecule has 26 heavy (non-hydrogen) atoms. The van der Waals surface area contributed by atoms with Crippen LogP contribution in [0.3, 0.4) is 0 Å². The minimum Gasteiger partial charge on any atom is -0.441 e. The van der Waals surface area contributed by atoms with Gasteiger partial charge in [0.05, 0.1) is 12.7 Å². The Morgan fingerprint density at radius 2 is 2.04 bits per heavy atom. The van der Waals surface area contributed by atoms with Gasteiger partial charge < -0.3 is 9.73 Å². The summed E-state index contributed by atoms with van der Waals surface area (Å²) >= 11 is 0. The molecule has 2 heterocycles. The Bertz CT molecular complexity index is 920. The topological polar surface area (TPSA) is 73.0 Å². The third-order valence-corrected chi connectivity index (χ3v) is 4.84. The van der Waals surface area contributed by atoms with Gasteiger partial charge in [-0.2, -0.15) is 5.10 Å². The maximum absolute atomic E-state index is 12.0. The van der Waals surface area contributed by atoms with Crippen LogP contribution in [0.4, 0.5) is 5.69 Å². The van der Waals surface area contributed by atoms with Crippen molar-refractivity contribution in [2.24, 2.45) is 5.92 Å². The van der Waals surface area contributed by atoms with Crippen molar-refractivity contribution in [1.29, 1.82) is 0 Å². The number of nitrogens with one attached hydrogen (secondary N) is 1. The van der Waals surface area contributed by atoms with Crippen molar-refractivity contribution in [3.63, 3.8) is 0 Å². The molecule has 0 saturated heterocycles. The van der Waals surface area contributed by atoms with Gasteiger partial charge in [-0.3, -0.25) is 9.48 Å². The molecule has 0 unspecified atom stereocenters. The SMILES string of the molecule is Cc1cnn(Cc2nc(-c3ccc(NC(=O)C4CCC4)cc3)oc2C)c1. The number of aryl methyl sites for hydroxylation is 2. The van der Waals surface area contributed by atoms with E-state index in [9.17, 15) is 4.79 Å². The van der Waals surface area contributed by atoms with Crippen LogP contribution < -0.4 is 5.32 Å². The molecule has 0 bridgehead atoms. The highest BCUT2D eigenvalue weighted by atomic mass is 16.4. The molecule has 1 aliphatic rings. The number of rotatable bonds is 5. The summed E-state index contributed by atoms with van der Waals surface area (Å²) in [5, 5.41) is 7.27. The molecule has 1 fully saturated rings. The first-order valence-electron chi connectivity index (χ1n) is 8.95. The number of benzene rings is 1. The van der Waals surface area contributed by atoms with Crippen molar-refractivity contribution in [3.8, 4) is 11.5 Å². The summed E-state index contributed by atoms with van der Waals surface area (Å²) in [6, 6.07) is 7.62. The van der Waals surface area contributed by atoms with E-state index in [1.807, 2.05) is 55.2 Å². The van der Waals surface area contributed by atoms with E-state index in [0.29, 0.717) is 12.4 Å². The number of carbonyl (C=O) groups excluding carboxylic acids is 1. The Balaban J connectivity index is 1.47. The number of anilines is 1. The van der Waals surface area contributed by atoms with E-state index in [1.54, 1.807) is 0 Å². The van der Waals surface area contributed by atoms with Gasteiger partial charge in [-0.1, -0.05) is 6.42 Å². The lowest BCUT2D eigenvalue weighted by Gasteiger charge is -2.24. The van der Waals surface area contributed by atoms with E-state index in [2.05, 4.69) is 15.4 Å². The zero-order valence-corrected chi connectivity index (χ0v) is 15.0. The average Bonchev–Trinajstić information content (AvgIpc) is 3.13. The molecule has 0 spiro atoms. The molecule has 6 heteroatoms. The Morgan fingerprint density at radius 3 is 2.65 bits per heavy atom. The number of carbonyl (C=O) groups is 1. The van der Waals surface area contributed by atoms with Crippen LogP contribution in [-0.2, 0) is 11.3 Å². The van der Waals surface area contributed by atoms with Crippen LogP contribution in [-0.4, -0.2) is 20.7 Å². The predicted molar refractivity (Wildman–Crippen MR) is 98.7 cm³/mol. The summed E-state index contributed by atoms with van der Waals surface area (Å²) in [5.74, 6) is 1.67. The van der Waals surface area contributed by atoms with Crippen LogP contribution in [0.1, 0.15) is 36.3 Å². The monoisotopic (exact) mass is 350 g/mol. The van der Waals surface area contributed by atoms with E-state index in [1.165, 1.54) is 0 Å². The number of oxazole rings is 1. The van der Waals surface area contributed by atoms with Gasteiger partial charge >= 0.3 is 0 Å². The quantitative estimate of drug-likeness (QED) is 0.756. The van der Waals surface area contributed by atoms with Crippen LogP contribution in [0.5, 0.6) is 0 Å². The molecule has 1 aromatic carbocycles. The molecule has 0 radical (unpaired) electrons. The lowest BCUT2D eigenvalue weighted by molar-refractivity contribution is -0.122. The molecule has 2 aromatic heterocycles. The fraction of sp³-hybridized carbons (Fsp3) is 0.350. The second-order valence-corrected chi connectivity index (χ2v) is 6.93. The molecule has 1 saturated carbocycles. The first-order chi connectivity index (χ1) is 12.6. The first-order valence-corrected chi connectivity index (χ1v) is 8.95. The van der Waals surface area contributed by atoms with E-state index in [4.69, 9.17) is 4.42 Å². The summed E-state index contributed by atoms with van der Waals surface area (Å²) in [7, 11) is 0. The highest BCUT2D eigenvalue weighted by molar-refractivity contribution is 5.93. The molecule has 134 valence electrons. The zero-order valence-electron chi connectivity index (χ0n) is 15.0. The Labute approximate surface area is 152 Å². The third-order valence-electron chi connectivity index (χ3n) is 4.84. The molecule has 0 aliphatic heterocycles. The van der Waals surface area contributed by atoms with Crippen molar-refractivity contribution < 1.29 is 9.21 Å². The molecule has 0 atom stereocenters. The number of nitrogens with zero attached hydrogens (tertiary/aromatic N) is 3. The van der Waals surface area contributed by atoms with Gasteiger partial charge in [-0.25, -0.2) is 4.98 Å². The average molecular weight is 350 g/mol. The molecule has 4 rings (SSSR count). The number of hydrogen-bond acceptors (Lipinski definition) is 4. The van der Waals surface area contributed by atoms with E-state index in [-0.39, 0.29) is 11.8 Å². The highest BCUT2D eigenvalue weighted by Crippen LogP contribution is 2.28. The Hall–Kier alpha value is -2.89. The summed E-state index contributed by atoms with van der Waals surface area (Å²) in [4.78, 5) is 16.6. The zero-order chi connectivity index (χ0) is 18.1. The van der Waals surface area contributed by atoms with E-state index >= 15 is 0 Å². The summed E-state index contributed by atoms with van der Waals surface area (Å²) < 4.78 is 7.68. The van der Waals surface area contributed by atoms with Crippen molar-refractivity contribution >= 4 is 11.6 Å². The molecular weight excluding hydrogens is 328 g/mol. The van der Waals surface area contributed by atoms with Gasteiger partial charge in [0.15, 0.2) is 0 Å². The van der Waals surface area contributed by atoms with E-state index in [0.717, 1.165) is 47.5 Å². The van der Waals surface area contributed by atoms with Gasteiger partial charge in [0.2, 0.25) is 11.8 Å².